The lowest BCUT2D eigenvalue weighted by Crippen LogP contribution is -2.63. The molecule has 3 heteroatoms. The van der Waals surface area contributed by atoms with Crippen LogP contribution in [-0.4, -0.2) is 30.2 Å². The third-order valence-electron chi connectivity index (χ3n) is 4.99. The number of carbonyl (C=O) groups excluding carboxylic acids is 1. The Labute approximate surface area is 89.1 Å². The molecule has 3 rings (SSSR count). The van der Waals surface area contributed by atoms with Gasteiger partial charge in [0.1, 0.15) is 6.29 Å². The molecule has 1 N–H and O–H groups in total. The molecule has 1 heterocycles. The molecule has 15 heavy (non-hydrogen) atoms. The predicted octanol–water partition coefficient (Wildman–Crippen LogP) is 0.775. The lowest BCUT2D eigenvalue weighted by Gasteiger charge is -2.56. The van der Waals surface area contributed by atoms with E-state index in [1.165, 1.54) is 0 Å². The summed E-state index contributed by atoms with van der Waals surface area (Å²) >= 11 is 0. The van der Waals surface area contributed by atoms with Gasteiger partial charge in [-0.1, -0.05) is 6.08 Å². The Kier molecular flexibility index (Phi) is 1.73. The molecule has 0 aromatic carbocycles. The van der Waals surface area contributed by atoms with Gasteiger partial charge in [0.25, 0.3) is 0 Å². The number of ether oxygens (including phenoxy) is 1. The number of hydrogen-bond acceptors (Lipinski definition) is 3. The molecule has 0 amide bonds. The maximum absolute atomic E-state index is 11.4. The molecule has 0 radical (unpaired) electrons. The van der Waals surface area contributed by atoms with E-state index >= 15 is 0 Å². The van der Waals surface area contributed by atoms with Crippen LogP contribution >= 0.6 is 0 Å². The number of carbonyl (C=O) groups is 1. The van der Waals surface area contributed by atoms with Gasteiger partial charge in [-0.15, -0.1) is 6.58 Å². The summed E-state index contributed by atoms with van der Waals surface area (Å²) in [7, 11) is 0. The van der Waals surface area contributed by atoms with E-state index < -0.39 is 11.0 Å². The Balaban J connectivity index is 2.05. The highest BCUT2D eigenvalue weighted by Crippen LogP contribution is 2.69. The zero-order valence-electron chi connectivity index (χ0n) is 8.69. The third-order valence-corrected chi connectivity index (χ3v) is 4.99. The van der Waals surface area contributed by atoms with Gasteiger partial charge in [0.15, 0.2) is 0 Å². The Hall–Kier alpha value is -0.670. The molecule has 0 aromatic heterocycles. The van der Waals surface area contributed by atoms with E-state index in [0.29, 0.717) is 24.9 Å². The van der Waals surface area contributed by atoms with Crippen molar-refractivity contribution >= 4 is 6.29 Å². The number of aldehydes is 1. The summed E-state index contributed by atoms with van der Waals surface area (Å²) in [5.41, 5.74) is -1.58. The fourth-order valence-corrected chi connectivity index (χ4v) is 4.21. The zero-order valence-corrected chi connectivity index (χ0v) is 8.69. The van der Waals surface area contributed by atoms with Crippen molar-refractivity contribution in [3.05, 3.63) is 12.7 Å². The zero-order chi connectivity index (χ0) is 10.7. The largest absolute Gasteiger partial charge is 0.385 e. The SMILES string of the molecule is C=C[C@]1(O)CC[C@H]2[C@@H]3COC[C@@H]3[C@]21C=O. The Bertz CT molecular complexity index is 319. The molecule has 3 fully saturated rings. The van der Waals surface area contributed by atoms with Gasteiger partial charge in [-0.05, 0) is 24.7 Å². The highest BCUT2D eigenvalue weighted by molar-refractivity contribution is 5.68. The highest BCUT2D eigenvalue weighted by atomic mass is 16.5. The molecule has 3 aliphatic rings. The number of fused-ring (bicyclic) bond motifs is 4. The van der Waals surface area contributed by atoms with Crippen molar-refractivity contribution in [3.8, 4) is 0 Å². The standard InChI is InChI=1S/C12H16O3/c1-2-11(14)4-3-9-8-5-15-6-10(8)12(9,11)7-13/h2,7-10,14H,1,3-6H2/t8-,9-,10-,11-,12-/m0/s1. The van der Waals surface area contributed by atoms with Gasteiger partial charge in [-0.3, -0.25) is 0 Å². The van der Waals surface area contributed by atoms with Crippen LogP contribution in [0.1, 0.15) is 12.8 Å². The van der Waals surface area contributed by atoms with Crippen LogP contribution in [0.25, 0.3) is 0 Å². The van der Waals surface area contributed by atoms with Gasteiger partial charge in [-0.2, -0.15) is 0 Å². The van der Waals surface area contributed by atoms with Crippen LogP contribution in [-0.2, 0) is 9.53 Å². The molecule has 2 aliphatic carbocycles. The first kappa shape index (κ1) is 9.55. The van der Waals surface area contributed by atoms with Crippen molar-refractivity contribution in [1.29, 1.82) is 0 Å². The number of rotatable bonds is 2. The summed E-state index contributed by atoms with van der Waals surface area (Å²) in [6, 6.07) is 0. The average Bonchev–Trinajstić information content (AvgIpc) is 2.73. The second-order valence-corrected chi connectivity index (χ2v) is 5.13. The first-order valence-electron chi connectivity index (χ1n) is 5.59. The lowest BCUT2D eigenvalue weighted by molar-refractivity contribution is -0.170. The minimum absolute atomic E-state index is 0.213. The van der Waals surface area contributed by atoms with Gasteiger partial charge < -0.3 is 14.6 Å². The fraction of sp³-hybridized carbons (Fsp3) is 0.750. The van der Waals surface area contributed by atoms with Crippen molar-refractivity contribution in [2.45, 2.75) is 18.4 Å². The highest BCUT2D eigenvalue weighted by Gasteiger charge is 2.74. The quantitative estimate of drug-likeness (QED) is 0.538. The van der Waals surface area contributed by atoms with Gasteiger partial charge in [0.05, 0.1) is 24.2 Å². The normalized spacial score (nSPS) is 56.7. The number of hydrogen-bond donors (Lipinski definition) is 1. The molecule has 3 nitrogen and oxygen atoms in total. The molecule has 2 saturated carbocycles. The molecular weight excluding hydrogens is 192 g/mol. The summed E-state index contributed by atoms with van der Waals surface area (Å²) in [5, 5.41) is 10.5. The van der Waals surface area contributed by atoms with Crippen molar-refractivity contribution in [2.75, 3.05) is 13.2 Å². The van der Waals surface area contributed by atoms with E-state index in [1.54, 1.807) is 6.08 Å². The molecule has 0 unspecified atom stereocenters. The minimum Gasteiger partial charge on any atom is -0.385 e. The van der Waals surface area contributed by atoms with Crippen molar-refractivity contribution in [2.24, 2.45) is 23.2 Å². The molecule has 82 valence electrons. The van der Waals surface area contributed by atoms with Gasteiger partial charge in [0.2, 0.25) is 0 Å². The average molecular weight is 208 g/mol. The van der Waals surface area contributed by atoms with Crippen LogP contribution in [0.15, 0.2) is 12.7 Å². The predicted molar refractivity (Wildman–Crippen MR) is 54.2 cm³/mol. The summed E-state index contributed by atoms with van der Waals surface area (Å²) < 4.78 is 5.43. The van der Waals surface area contributed by atoms with E-state index in [9.17, 15) is 9.90 Å². The molecule has 0 aromatic rings. The fourth-order valence-electron chi connectivity index (χ4n) is 4.21. The van der Waals surface area contributed by atoms with Gasteiger partial charge in [0, 0.05) is 5.92 Å². The smallest absolute Gasteiger partial charge is 0.130 e. The Morgan fingerprint density at radius 1 is 1.40 bits per heavy atom. The van der Waals surface area contributed by atoms with Crippen LogP contribution in [0.4, 0.5) is 0 Å². The number of aliphatic hydroxyl groups is 1. The lowest BCUT2D eigenvalue weighted by atomic mass is 9.46. The summed E-state index contributed by atoms with van der Waals surface area (Å²) in [5.74, 6) is 1.01. The van der Waals surface area contributed by atoms with E-state index in [1.807, 2.05) is 0 Å². The second-order valence-electron chi connectivity index (χ2n) is 5.13. The van der Waals surface area contributed by atoms with Gasteiger partial charge >= 0.3 is 0 Å². The summed E-state index contributed by atoms with van der Waals surface area (Å²) in [4.78, 5) is 11.4. The van der Waals surface area contributed by atoms with Crippen LogP contribution < -0.4 is 0 Å². The maximum atomic E-state index is 11.4. The van der Waals surface area contributed by atoms with E-state index in [0.717, 1.165) is 19.3 Å². The summed E-state index contributed by atoms with van der Waals surface area (Å²) in [6.45, 7) is 5.07. The Morgan fingerprint density at radius 3 is 2.87 bits per heavy atom. The van der Waals surface area contributed by atoms with Crippen molar-refractivity contribution in [1.82, 2.24) is 0 Å². The molecule has 5 atom stereocenters. The summed E-state index contributed by atoms with van der Waals surface area (Å²) in [6.07, 6.45) is 4.14. The monoisotopic (exact) mass is 208 g/mol. The first-order valence-corrected chi connectivity index (χ1v) is 5.59. The molecule has 0 bridgehead atoms. The van der Waals surface area contributed by atoms with Crippen LogP contribution in [0.3, 0.4) is 0 Å². The van der Waals surface area contributed by atoms with Gasteiger partial charge in [-0.25, -0.2) is 0 Å². The molecule has 1 aliphatic heterocycles. The molecule has 1 saturated heterocycles. The first-order chi connectivity index (χ1) is 7.19. The second kappa shape index (κ2) is 2.71. The van der Waals surface area contributed by atoms with E-state index in [2.05, 4.69) is 6.58 Å². The minimum atomic E-state index is -0.992. The van der Waals surface area contributed by atoms with Crippen LogP contribution in [0.2, 0.25) is 0 Å². The van der Waals surface area contributed by atoms with Crippen LogP contribution in [0, 0.1) is 23.2 Å². The molecule has 0 spiro atoms. The van der Waals surface area contributed by atoms with E-state index in [-0.39, 0.29) is 5.92 Å². The molecular formula is C12H16O3. The maximum Gasteiger partial charge on any atom is 0.130 e. The third kappa shape index (κ3) is 0.797. The van der Waals surface area contributed by atoms with Crippen molar-refractivity contribution < 1.29 is 14.6 Å². The van der Waals surface area contributed by atoms with Crippen molar-refractivity contribution in [3.63, 3.8) is 0 Å². The Morgan fingerprint density at radius 2 is 2.20 bits per heavy atom. The topological polar surface area (TPSA) is 46.5 Å². The van der Waals surface area contributed by atoms with Crippen LogP contribution in [0.5, 0.6) is 0 Å². The van der Waals surface area contributed by atoms with E-state index in [4.69, 9.17) is 4.74 Å².